The van der Waals surface area contributed by atoms with Crippen LogP contribution in [0.25, 0.3) is 0 Å². The number of hydrogen-bond donors (Lipinski definition) is 1. The minimum Gasteiger partial charge on any atom is -0.377 e. The Kier molecular flexibility index (Phi) is 3.49. The Morgan fingerprint density at radius 3 is 2.90 bits per heavy atom. The van der Waals surface area contributed by atoms with Gasteiger partial charge in [0.2, 0.25) is 0 Å². The van der Waals surface area contributed by atoms with E-state index in [0.29, 0.717) is 12.5 Å². The first kappa shape index (κ1) is 14.8. The Labute approximate surface area is 126 Å². The molecular formula is C17H25FN2O. The van der Waals surface area contributed by atoms with Crippen LogP contribution in [0, 0.1) is 17.2 Å². The summed E-state index contributed by atoms with van der Waals surface area (Å²) < 4.78 is 19.3. The second-order valence-corrected chi connectivity index (χ2v) is 7.14. The summed E-state index contributed by atoms with van der Waals surface area (Å²) in [7, 11) is 1.98. The zero-order valence-corrected chi connectivity index (χ0v) is 13.1. The first-order valence-electron chi connectivity index (χ1n) is 7.73. The minimum atomic E-state index is -0.293. The average molecular weight is 292 g/mol. The van der Waals surface area contributed by atoms with Gasteiger partial charge < -0.3 is 15.4 Å². The van der Waals surface area contributed by atoms with E-state index in [1.54, 1.807) is 12.1 Å². The average Bonchev–Trinajstić information content (AvgIpc) is 2.47. The predicted molar refractivity (Wildman–Crippen MR) is 82.8 cm³/mol. The maximum absolute atomic E-state index is 13.4. The SMILES string of the molecule is CN(CC1(N)C2CCCOC2C1(C)C)c1cccc(F)c1. The van der Waals surface area contributed by atoms with Crippen molar-refractivity contribution in [1.82, 2.24) is 0 Å². The van der Waals surface area contributed by atoms with Crippen molar-refractivity contribution in [3.05, 3.63) is 30.1 Å². The highest BCUT2D eigenvalue weighted by Crippen LogP contribution is 2.57. The molecule has 0 aromatic heterocycles. The lowest BCUT2D eigenvalue weighted by Gasteiger charge is -2.67. The number of fused-ring (bicyclic) bond motifs is 1. The maximum atomic E-state index is 13.4. The van der Waals surface area contributed by atoms with E-state index in [0.717, 1.165) is 25.1 Å². The molecule has 1 aromatic carbocycles. The molecule has 4 heteroatoms. The molecule has 1 saturated carbocycles. The van der Waals surface area contributed by atoms with Gasteiger partial charge in [0.1, 0.15) is 5.82 Å². The zero-order chi connectivity index (χ0) is 15.3. The van der Waals surface area contributed by atoms with Crippen LogP contribution in [0.5, 0.6) is 0 Å². The monoisotopic (exact) mass is 292 g/mol. The van der Waals surface area contributed by atoms with Crippen molar-refractivity contribution in [2.45, 2.75) is 38.3 Å². The van der Waals surface area contributed by atoms with Crippen LogP contribution in [0.3, 0.4) is 0 Å². The molecule has 1 saturated heterocycles. The maximum Gasteiger partial charge on any atom is 0.125 e. The largest absolute Gasteiger partial charge is 0.377 e. The minimum absolute atomic E-state index is 0.0559. The molecule has 0 radical (unpaired) electrons. The van der Waals surface area contributed by atoms with Gasteiger partial charge in [0.25, 0.3) is 0 Å². The van der Waals surface area contributed by atoms with Crippen molar-refractivity contribution < 1.29 is 9.13 Å². The summed E-state index contributed by atoms with van der Waals surface area (Å²) in [5.74, 6) is 0.189. The first-order chi connectivity index (χ1) is 9.86. The van der Waals surface area contributed by atoms with Gasteiger partial charge in [0.15, 0.2) is 0 Å². The van der Waals surface area contributed by atoms with Gasteiger partial charge >= 0.3 is 0 Å². The smallest absolute Gasteiger partial charge is 0.125 e. The second kappa shape index (κ2) is 4.96. The van der Waals surface area contributed by atoms with E-state index in [9.17, 15) is 4.39 Å². The molecule has 3 atom stereocenters. The molecule has 3 nitrogen and oxygen atoms in total. The molecule has 1 aliphatic heterocycles. The van der Waals surface area contributed by atoms with Gasteiger partial charge in [-0.25, -0.2) is 4.39 Å². The van der Waals surface area contributed by atoms with E-state index in [2.05, 4.69) is 18.7 Å². The van der Waals surface area contributed by atoms with Crippen LogP contribution >= 0.6 is 0 Å². The van der Waals surface area contributed by atoms with Crippen LogP contribution in [0.15, 0.2) is 24.3 Å². The molecule has 1 aromatic rings. The Bertz CT molecular complexity index is 533. The van der Waals surface area contributed by atoms with Crippen LogP contribution in [-0.4, -0.2) is 31.8 Å². The van der Waals surface area contributed by atoms with E-state index in [1.165, 1.54) is 6.07 Å². The number of nitrogens with zero attached hydrogens (tertiary/aromatic N) is 1. The summed E-state index contributed by atoms with van der Waals surface area (Å²) in [4.78, 5) is 2.07. The van der Waals surface area contributed by atoms with Crippen molar-refractivity contribution in [2.75, 3.05) is 25.1 Å². The van der Waals surface area contributed by atoms with Crippen molar-refractivity contribution in [2.24, 2.45) is 17.1 Å². The molecule has 116 valence electrons. The van der Waals surface area contributed by atoms with Crippen LogP contribution in [0.2, 0.25) is 0 Å². The molecule has 0 bridgehead atoms. The van der Waals surface area contributed by atoms with Gasteiger partial charge in [-0.1, -0.05) is 19.9 Å². The van der Waals surface area contributed by atoms with E-state index in [1.807, 2.05) is 13.1 Å². The van der Waals surface area contributed by atoms with Crippen LogP contribution in [-0.2, 0) is 4.74 Å². The molecule has 2 aliphatic rings. The molecule has 3 rings (SSSR count). The summed E-state index contributed by atoms with van der Waals surface area (Å²) in [5.41, 5.74) is 7.32. The lowest BCUT2D eigenvalue weighted by Crippen LogP contribution is -2.80. The summed E-state index contributed by atoms with van der Waals surface area (Å²) in [6.07, 6.45) is 2.47. The van der Waals surface area contributed by atoms with Gasteiger partial charge in [-0.05, 0) is 31.0 Å². The number of rotatable bonds is 3. The third-order valence-electron chi connectivity index (χ3n) is 5.64. The molecule has 1 heterocycles. The van der Waals surface area contributed by atoms with Crippen molar-refractivity contribution >= 4 is 5.69 Å². The van der Waals surface area contributed by atoms with Crippen LogP contribution in [0.4, 0.5) is 10.1 Å². The molecule has 0 amide bonds. The van der Waals surface area contributed by atoms with Gasteiger partial charge in [-0.2, -0.15) is 0 Å². The first-order valence-corrected chi connectivity index (χ1v) is 7.73. The number of likely N-dealkylation sites (N-methyl/N-ethyl adjacent to an activating group) is 1. The van der Waals surface area contributed by atoms with E-state index >= 15 is 0 Å². The molecule has 0 spiro atoms. The molecular weight excluding hydrogens is 267 g/mol. The fraction of sp³-hybridized carbons (Fsp3) is 0.647. The molecule has 2 fully saturated rings. The normalized spacial score (nSPS) is 34.0. The number of anilines is 1. The predicted octanol–water partition coefficient (Wildman–Crippen LogP) is 2.79. The third kappa shape index (κ3) is 2.16. The molecule has 2 N–H and O–H groups in total. The summed E-state index contributed by atoms with van der Waals surface area (Å²) >= 11 is 0. The fourth-order valence-corrected chi connectivity index (χ4v) is 4.18. The lowest BCUT2D eigenvalue weighted by molar-refractivity contribution is -0.224. The van der Waals surface area contributed by atoms with Crippen molar-refractivity contribution in [3.63, 3.8) is 0 Å². The van der Waals surface area contributed by atoms with Crippen LogP contribution in [0.1, 0.15) is 26.7 Å². The highest BCUT2D eigenvalue weighted by atomic mass is 19.1. The quantitative estimate of drug-likeness (QED) is 0.931. The fourth-order valence-electron chi connectivity index (χ4n) is 4.18. The second-order valence-electron chi connectivity index (χ2n) is 7.14. The van der Waals surface area contributed by atoms with Gasteiger partial charge in [-0.3, -0.25) is 0 Å². The van der Waals surface area contributed by atoms with Gasteiger partial charge in [0.05, 0.1) is 6.10 Å². The summed E-state index contributed by atoms with van der Waals surface area (Å²) in [5, 5.41) is 0. The Balaban J connectivity index is 1.79. The number of nitrogens with two attached hydrogens (primary N) is 1. The Morgan fingerprint density at radius 2 is 2.19 bits per heavy atom. The molecule has 21 heavy (non-hydrogen) atoms. The standard InChI is InChI=1S/C17H25FN2O/c1-16(2)15-14(8-5-9-21-15)17(16,19)11-20(3)13-7-4-6-12(18)10-13/h4,6-7,10,14-15H,5,8-9,11,19H2,1-3H3. The highest BCUT2D eigenvalue weighted by molar-refractivity contribution is 5.47. The number of halogens is 1. The van der Waals surface area contributed by atoms with E-state index < -0.39 is 0 Å². The topological polar surface area (TPSA) is 38.5 Å². The lowest BCUT2D eigenvalue weighted by atomic mass is 9.46. The third-order valence-corrected chi connectivity index (χ3v) is 5.64. The number of hydrogen-bond acceptors (Lipinski definition) is 3. The van der Waals surface area contributed by atoms with Crippen LogP contribution < -0.4 is 10.6 Å². The van der Waals surface area contributed by atoms with E-state index in [-0.39, 0.29) is 22.9 Å². The van der Waals surface area contributed by atoms with Crippen molar-refractivity contribution in [3.8, 4) is 0 Å². The molecule has 3 unspecified atom stereocenters. The zero-order valence-electron chi connectivity index (χ0n) is 13.1. The Morgan fingerprint density at radius 1 is 1.43 bits per heavy atom. The van der Waals surface area contributed by atoms with Gasteiger partial charge in [-0.15, -0.1) is 0 Å². The number of ether oxygens (including phenoxy) is 1. The van der Waals surface area contributed by atoms with Crippen molar-refractivity contribution in [1.29, 1.82) is 0 Å². The highest BCUT2D eigenvalue weighted by Gasteiger charge is 2.66. The number of benzene rings is 1. The summed E-state index contributed by atoms with van der Waals surface area (Å²) in [6.45, 7) is 5.95. The van der Waals surface area contributed by atoms with Gasteiger partial charge in [0, 0.05) is 42.8 Å². The summed E-state index contributed by atoms with van der Waals surface area (Å²) in [6, 6.07) is 6.69. The molecule has 1 aliphatic carbocycles. The Hall–Kier alpha value is -1.13. The van der Waals surface area contributed by atoms with E-state index in [4.69, 9.17) is 10.5 Å².